The van der Waals surface area contributed by atoms with Crippen molar-refractivity contribution in [2.75, 3.05) is 6.61 Å². The van der Waals surface area contributed by atoms with E-state index in [9.17, 15) is 9.59 Å². The van der Waals surface area contributed by atoms with Crippen molar-refractivity contribution >= 4 is 28.1 Å². The Morgan fingerprint density at radius 1 is 1.35 bits per heavy atom. The SMILES string of the molecule is CCOC(=O)CCc1nc2cc3oc(=O)[nH]c3cc2[nH]1. The third kappa shape index (κ3) is 2.29. The molecule has 0 saturated heterocycles. The minimum atomic E-state index is -0.491. The smallest absolute Gasteiger partial charge is 0.417 e. The van der Waals surface area contributed by atoms with Gasteiger partial charge in [0.05, 0.1) is 29.6 Å². The molecule has 0 saturated carbocycles. The fourth-order valence-electron chi connectivity index (χ4n) is 2.08. The Labute approximate surface area is 112 Å². The Bertz CT molecular complexity index is 773. The van der Waals surface area contributed by atoms with Gasteiger partial charge in [0.1, 0.15) is 5.82 Å². The minimum Gasteiger partial charge on any atom is -0.466 e. The van der Waals surface area contributed by atoms with Crippen LogP contribution in [0.3, 0.4) is 0 Å². The van der Waals surface area contributed by atoms with Gasteiger partial charge in [0, 0.05) is 12.5 Å². The van der Waals surface area contributed by atoms with Crippen LogP contribution < -0.4 is 5.76 Å². The van der Waals surface area contributed by atoms with Crippen molar-refractivity contribution in [3.05, 3.63) is 28.5 Å². The molecule has 2 N–H and O–H groups in total. The zero-order valence-corrected chi connectivity index (χ0v) is 10.9. The monoisotopic (exact) mass is 275 g/mol. The van der Waals surface area contributed by atoms with Gasteiger partial charge in [0.25, 0.3) is 0 Å². The Balaban J connectivity index is 1.87. The van der Waals surface area contributed by atoms with E-state index in [1.165, 1.54) is 0 Å². The minimum absolute atomic E-state index is 0.244. The highest BCUT2D eigenvalue weighted by atomic mass is 16.5. The number of carbonyl (C=O) groups excluding carboxylic acids is 1. The second kappa shape index (κ2) is 4.84. The summed E-state index contributed by atoms with van der Waals surface area (Å²) in [5.41, 5.74) is 2.56. The Morgan fingerprint density at radius 3 is 3.00 bits per heavy atom. The average Bonchev–Trinajstić information content (AvgIpc) is 2.94. The molecule has 2 heterocycles. The normalized spacial score (nSPS) is 11.2. The van der Waals surface area contributed by atoms with Crippen molar-refractivity contribution in [1.82, 2.24) is 15.0 Å². The molecule has 0 aliphatic heterocycles. The van der Waals surface area contributed by atoms with E-state index in [0.717, 1.165) is 5.52 Å². The summed E-state index contributed by atoms with van der Waals surface area (Å²) in [6, 6.07) is 3.45. The number of hydrogen-bond donors (Lipinski definition) is 2. The maximum atomic E-state index is 11.3. The first kappa shape index (κ1) is 12.5. The number of ether oxygens (including phenoxy) is 1. The zero-order chi connectivity index (χ0) is 14.1. The van der Waals surface area contributed by atoms with Gasteiger partial charge < -0.3 is 14.1 Å². The van der Waals surface area contributed by atoms with Crippen LogP contribution in [0.25, 0.3) is 22.1 Å². The molecule has 0 aliphatic carbocycles. The fraction of sp³-hybridized carbons (Fsp3) is 0.308. The van der Waals surface area contributed by atoms with Crippen molar-refractivity contribution in [2.45, 2.75) is 19.8 Å². The number of aryl methyl sites for hydroxylation is 1. The van der Waals surface area contributed by atoms with E-state index in [1.54, 1.807) is 19.1 Å². The number of aromatic amines is 2. The molecule has 3 rings (SSSR count). The molecule has 0 radical (unpaired) electrons. The Morgan fingerprint density at radius 2 is 2.20 bits per heavy atom. The topological polar surface area (TPSA) is 101 Å². The van der Waals surface area contributed by atoms with Gasteiger partial charge in [0.15, 0.2) is 5.58 Å². The molecule has 7 nitrogen and oxygen atoms in total. The highest BCUT2D eigenvalue weighted by Crippen LogP contribution is 2.19. The first-order chi connectivity index (χ1) is 9.65. The van der Waals surface area contributed by atoms with Crippen molar-refractivity contribution in [3.63, 3.8) is 0 Å². The summed E-state index contributed by atoms with van der Waals surface area (Å²) in [4.78, 5) is 32.5. The van der Waals surface area contributed by atoms with E-state index < -0.39 is 5.76 Å². The second-order valence-electron chi connectivity index (χ2n) is 4.37. The maximum Gasteiger partial charge on any atom is 0.417 e. The number of esters is 1. The molecule has 0 fully saturated rings. The molecule has 104 valence electrons. The second-order valence-corrected chi connectivity index (χ2v) is 4.37. The van der Waals surface area contributed by atoms with E-state index in [-0.39, 0.29) is 12.4 Å². The van der Waals surface area contributed by atoms with E-state index in [4.69, 9.17) is 9.15 Å². The van der Waals surface area contributed by atoms with E-state index in [1.807, 2.05) is 0 Å². The van der Waals surface area contributed by atoms with Crippen LogP contribution in [0.4, 0.5) is 0 Å². The third-order valence-electron chi connectivity index (χ3n) is 2.94. The third-order valence-corrected chi connectivity index (χ3v) is 2.94. The molecule has 7 heteroatoms. The summed E-state index contributed by atoms with van der Waals surface area (Å²) in [6.07, 6.45) is 0.756. The predicted octanol–water partition coefficient (Wildman–Crippen LogP) is 1.49. The lowest BCUT2D eigenvalue weighted by atomic mass is 10.3. The molecular weight excluding hydrogens is 262 g/mol. The Hall–Kier alpha value is -2.57. The number of H-pyrrole nitrogens is 2. The molecule has 0 spiro atoms. The number of nitrogens with one attached hydrogen (secondary N) is 2. The summed E-state index contributed by atoms with van der Waals surface area (Å²) < 4.78 is 9.84. The number of aromatic nitrogens is 3. The van der Waals surface area contributed by atoms with Crippen LogP contribution in [0.1, 0.15) is 19.2 Å². The van der Waals surface area contributed by atoms with Gasteiger partial charge in [-0.05, 0) is 13.0 Å². The lowest BCUT2D eigenvalue weighted by Crippen LogP contribution is -2.05. The fourth-order valence-corrected chi connectivity index (χ4v) is 2.08. The van der Waals surface area contributed by atoms with Crippen LogP contribution >= 0.6 is 0 Å². The van der Waals surface area contributed by atoms with Crippen molar-refractivity contribution in [1.29, 1.82) is 0 Å². The van der Waals surface area contributed by atoms with Crippen molar-refractivity contribution in [2.24, 2.45) is 0 Å². The van der Waals surface area contributed by atoms with E-state index >= 15 is 0 Å². The summed E-state index contributed by atoms with van der Waals surface area (Å²) in [5, 5.41) is 0. The number of hydrogen-bond acceptors (Lipinski definition) is 5. The first-order valence-electron chi connectivity index (χ1n) is 6.33. The predicted molar refractivity (Wildman–Crippen MR) is 71.4 cm³/mol. The summed E-state index contributed by atoms with van der Waals surface area (Å²) in [6.45, 7) is 2.15. The highest BCUT2D eigenvalue weighted by molar-refractivity contribution is 5.90. The van der Waals surface area contributed by atoms with Crippen molar-refractivity contribution < 1.29 is 13.9 Å². The van der Waals surface area contributed by atoms with Crippen LogP contribution in [0.2, 0.25) is 0 Å². The summed E-state index contributed by atoms with van der Waals surface area (Å²) >= 11 is 0. The molecule has 2 aromatic heterocycles. The summed E-state index contributed by atoms with van der Waals surface area (Å²) in [5.74, 6) is -0.0377. The van der Waals surface area contributed by atoms with Crippen molar-refractivity contribution in [3.8, 4) is 0 Å². The Kier molecular flexibility index (Phi) is 3.02. The van der Waals surface area contributed by atoms with Gasteiger partial charge in [0.2, 0.25) is 0 Å². The van der Waals surface area contributed by atoms with Crippen LogP contribution in [0.5, 0.6) is 0 Å². The highest BCUT2D eigenvalue weighted by Gasteiger charge is 2.09. The molecule has 0 aliphatic rings. The molecule has 0 atom stereocenters. The molecule has 20 heavy (non-hydrogen) atoms. The largest absolute Gasteiger partial charge is 0.466 e. The van der Waals surface area contributed by atoms with Crippen LogP contribution in [-0.4, -0.2) is 27.5 Å². The molecule has 3 aromatic rings. The van der Waals surface area contributed by atoms with Gasteiger partial charge in [-0.25, -0.2) is 9.78 Å². The van der Waals surface area contributed by atoms with Gasteiger partial charge in [-0.3, -0.25) is 9.78 Å². The molecule has 0 unspecified atom stereocenters. The van der Waals surface area contributed by atoms with Gasteiger partial charge >= 0.3 is 11.7 Å². The number of benzene rings is 1. The number of rotatable bonds is 4. The number of fused-ring (bicyclic) bond motifs is 2. The first-order valence-corrected chi connectivity index (χ1v) is 6.33. The molecule has 0 amide bonds. The van der Waals surface area contributed by atoms with Gasteiger partial charge in [-0.2, -0.15) is 0 Å². The van der Waals surface area contributed by atoms with Gasteiger partial charge in [-0.1, -0.05) is 0 Å². The number of oxazole rings is 1. The lowest BCUT2D eigenvalue weighted by Gasteiger charge is -1.98. The lowest BCUT2D eigenvalue weighted by molar-refractivity contribution is -0.143. The van der Waals surface area contributed by atoms with Crippen LogP contribution in [-0.2, 0) is 16.0 Å². The van der Waals surface area contributed by atoms with Crippen LogP contribution in [0, 0.1) is 0 Å². The molecule has 1 aromatic carbocycles. The average molecular weight is 275 g/mol. The number of carbonyl (C=O) groups is 1. The van der Waals surface area contributed by atoms with Crippen LogP contribution in [0.15, 0.2) is 21.3 Å². The van der Waals surface area contributed by atoms with E-state index in [2.05, 4.69) is 15.0 Å². The summed E-state index contributed by atoms with van der Waals surface area (Å²) in [7, 11) is 0. The van der Waals surface area contributed by atoms with E-state index in [0.29, 0.717) is 35.5 Å². The number of nitrogens with zero attached hydrogens (tertiary/aromatic N) is 1. The molecule has 0 bridgehead atoms. The standard InChI is InChI=1S/C13H13N3O4/c1-2-19-12(17)4-3-11-14-7-5-9-10(6-8(7)15-11)20-13(18)16-9/h5-6H,2-4H2,1H3,(H,14,15)(H,16,18). The quantitative estimate of drug-likeness (QED) is 0.702. The van der Waals surface area contributed by atoms with Gasteiger partial charge in [-0.15, -0.1) is 0 Å². The maximum absolute atomic E-state index is 11.3. The zero-order valence-electron chi connectivity index (χ0n) is 10.9. The number of imidazole rings is 1. The molecular formula is C13H13N3O4.